The topological polar surface area (TPSA) is 49.3 Å². The van der Waals surface area contributed by atoms with Gasteiger partial charge in [0, 0.05) is 6.04 Å². The maximum absolute atomic E-state index is 10.8. The number of para-hydroxylation sites is 1. The lowest BCUT2D eigenvalue weighted by Gasteiger charge is -2.05. The molecule has 1 aliphatic heterocycles. The second-order valence-corrected chi connectivity index (χ2v) is 3.39. The number of hydrogen-bond donors (Lipinski definition) is 2. The molecule has 1 heterocycles. The van der Waals surface area contributed by atoms with Crippen LogP contribution in [0, 0.1) is 0 Å². The van der Waals surface area contributed by atoms with Crippen LogP contribution in [0.1, 0.15) is 22.8 Å². The number of aromatic carboxylic acids is 1. The Morgan fingerprint density at radius 1 is 1.62 bits per heavy atom. The molecule has 2 rings (SSSR count). The number of carbonyl (C=O) groups is 1. The minimum Gasteiger partial charge on any atom is -0.478 e. The normalized spacial score (nSPS) is 19.3. The number of fused-ring (bicyclic) bond motifs is 1. The van der Waals surface area contributed by atoms with E-state index < -0.39 is 5.97 Å². The van der Waals surface area contributed by atoms with E-state index in [-0.39, 0.29) is 0 Å². The van der Waals surface area contributed by atoms with Crippen molar-refractivity contribution in [3.05, 3.63) is 29.3 Å². The Hall–Kier alpha value is -1.51. The van der Waals surface area contributed by atoms with Crippen molar-refractivity contribution in [2.45, 2.75) is 19.4 Å². The summed E-state index contributed by atoms with van der Waals surface area (Å²) in [6.45, 7) is 2.05. The van der Waals surface area contributed by atoms with Crippen LogP contribution >= 0.6 is 0 Å². The van der Waals surface area contributed by atoms with Gasteiger partial charge in [-0.2, -0.15) is 0 Å². The number of carboxylic acid groups (broad SMARTS) is 1. The lowest BCUT2D eigenvalue weighted by Crippen LogP contribution is -2.10. The number of anilines is 1. The first-order valence-electron chi connectivity index (χ1n) is 4.30. The molecule has 3 heteroatoms. The van der Waals surface area contributed by atoms with Gasteiger partial charge in [-0.3, -0.25) is 0 Å². The predicted octanol–water partition coefficient (Wildman–Crippen LogP) is 1.74. The molecule has 1 aromatic carbocycles. The fourth-order valence-corrected chi connectivity index (χ4v) is 1.75. The van der Waals surface area contributed by atoms with Crippen molar-refractivity contribution in [1.82, 2.24) is 0 Å². The van der Waals surface area contributed by atoms with Crippen molar-refractivity contribution in [2.75, 3.05) is 5.32 Å². The molecule has 0 spiro atoms. The molecule has 0 amide bonds. The van der Waals surface area contributed by atoms with Gasteiger partial charge in [0.1, 0.15) is 0 Å². The third-order valence-electron chi connectivity index (χ3n) is 2.30. The molecule has 0 radical (unpaired) electrons. The van der Waals surface area contributed by atoms with Crippen LogP contribution in [0.4, 0.5) is 5.69 Å². The van der Waals surface area contributed by atoms with Crippen molar-refractivity contribution >= 4 is 11.7 Å². The molecule has 68 valence electrons. The maximum atomic E-state index is 10.8. The summed E-state index contributed by atoms with van der Waals surface area (Å²) in [6, 6.07) is 5.74. The van der Waals surface area contributed by atoms with Crippen molar-refractivity contribution < 1.29 is 9.90 Å². The first-order chi connectivity index (χ1) is 6.18. The highest BCUT2D eigenvalue weighted by molar-refractivity contribution is 5.95. The van der Waals surface area contributed by atoms with Gasteiger partial charge in [-0.05, 0) is 25.0 Å². The summed E-state index contributed by atoms with van der Waals surface area (Å²) < 4.78 is 0. The first-order valence-corrected chi connectivity index (χ1v) is 4.30. The number of carboxylic acids is 1. The average Bonchev–Trinajstić information content (AvgIpc) is 2.43. The van der Waals surface area contributed by atoms with Gasteiger partial charge < -0.3 is 10.4 Å². The van der Waals surface area contributed by atoms with E-state index in [9.17, 15) is 4.79 Å². The average molecular weight is 177 g/mol. The summed E-state index contributed by atoms with van der Waals surface area (Å²) in [7, 11) is 0. The minimum absolute atomic E-state index is 0.343. The molecule has 1 aromatic rings. The molecule has 0 unspecified atom stereocenters. The van der Waals surface area contributed by atoms with Crippen molar-refractivity contribution in [3.63, 3.8) is 0 Å². The number of rotatable bonds is 1. The van der Waals surface area contributed by atoms with Gasteiger partial charge in [0.05, 0.1) is 11.3 Å². The molecule has 0 saturated carbocycles. The Morgan fingerprint density at radius 2 is 2.38 bits per heavy atom. The summed E-state index contributed by atoms with van der Waals surface area (Å²) in [6.07, 6.45) is 0.913. The second-order valence-electron chi connectivity index (χ2n) is 3.39. The highest BCUT2D eigenvalue weighted by atomic mass is 16.4. The van der Waals surface area contributed by atoms with Crippen LogP contribution in [0.5, 0.6) is 0 Å². The highest BCUT2D eigenvalue weighted by Gasteiger charge is 2.21. The number of nitrogens with one attached hydrogen (secondary N) is 1. The van der Waals surface area contributed by atoms with Crippen molar-refractivity contribution in [1.29, 1.82) is 0 Å². The zero-order valence-corrected chi connectivity index (χ0v) is 7.37. The molecule has 0 aliphatic carbocycles. The van der Waals surface area contributed by atoms with E-state index in [0.29, 0.717) is 11.6 Å². The van der Waals surface area contributed by atoms with Gasteiger partial charge >= 0.3 is 5.97 Å². The zero-order valence-electron chi connectivity index (χ0n) is 7.37. The van der Waals surface area contributed by atoms with Gasteiger partial charge in [-0.25, -0.2) is 4.79 Å². The van der Waals surface area contributed by atoms with Gasteiger partial charge in [0.2, 0.25) is 0 Å². The smallest absolute Gasteiger partial charge is 0.337 e. The van der Waals surface area contributed by atoms with Gasteiger partial charge in [-0.1, -0.05) is 12.1 Å². The van der Waals surface area contributed by atoms with Crippen LogP contribution in [-0.2, 0) is 6.42 Å². The monoisotopic (exact) mass is 177 g/mol. The van der Waals surface area contributed by atoms with Crippen molar-refractivity contribution in [2.24, 2.45) is 0 Å². The molecule has 0 aromatic heterocycles. The molecule has 2 N–H and O–H groups in total. The largest absolute Gasteiger partial charge is 0.478 e. The predicted molar refractivity (Wildman–Crippen MR) is 50.2 cm³/mol. The Kier molecular flexibility index (Phi) is 1.72. The lowest BCUT2D eigenvalue weighted by atomic mass is 10.1. The van der Waals surface area contributed by atoms with E-state index in [2.05, 4.69) is 5.32 Å². The lowest BCUT2D eigenvalue weighted by molar-refractivity contribution is 0.0698. The zero-order chi connectivity index (χ0) is 9.42. The van der Waals surface area contributed by atoms with Crippen LogP contribution in [0.3, 0.4) is 0 Å². The van der Waals surface area contributed by atoms with Crippen LogP contribution in [0.2, 0.25) is 0 Å². The van der Waals surface area contributed by atoms with Crippen LogP contribution in [0.25, 0.3) is 0 Å². The Bertz CT molecular complexity index is 360. The van der Waals surface area contributed by atoms with Crippen LogP contribution in [-0.4, -0.2) is 17.1 Å². The first kappa shape index (κ1) is 8.10. The van der Waals surface area contributed by atoms with Crippen LogP contribution in [0.15, 0.2) is 18.2 Å². The number of hydrogen-bond acceptors (Lipinski definition) is 2. The molecular formula is C10H11NO2. The molecule has 3 nitrogen and oxygen atoms in total. The molecule has 1 atom stereocenters. The van der Waals surface area contributed by atoms with E-state index in [1.807, 2.05) is 13.0 Å². The highest BCUT2D eigenvalue weighted by Crippen LogP contribution is 2.29. The SMILES string of the molecule is C[C@@H]1Cc2cccc(C(=O)O)c2N1. The van der Waals surface area contributed by atoms with E-state index in [4.69, 9.17) is 5.11 Å². The summed E-state index contributed by atoms with van der Waals surface area (Å²) in [5.74, 6) is -0.863. The summed E-state index contributed by atoms with van der Waals surface area (Å²) in [5, 5.41) is 12.1. The minimum atomic E-state index is -0.863. The van der Waals surface area contributed by atoms with Gasteiger partial charge in [0.25, 0.3) is 0 Å². The fraction of sp³-hybridized carbons (Fsp3) is 0.300. The summed E-state index contributed by atoms with van der Waals surface area (Å²) in [5.41, 5.74) is 2.27. The van der Waals surface area contributed by atoms with Gasteiger partial charge in [0.15, 0.2) is 0 Å². The quantitative estimate of drug-likeness (QED) is 0.687. The summed E-state index contributed by atoms with van der Waals surface area (Å²) in [4.78, 5) is 10.8. The number of benzene rings is 1. The van der Waals surface area contributed by atoms with Crippen molar-refractivity contribution in [3.8, 4) is 0 Å². The summed E-state index contributed by atoms with van der Waals surface area (Å²) >= 11 is 0. The molecular weight excluding hydrogens is 166 g/mol. The second kappa shape index (κ2) is 2.76. The Balaban J connectivity index is 2.51. The van der Waals surface area contributed by atoms with Crippen LogP contribution < -0.4 is 5.32 Å². The Morgan fingerprint density at radius 3 is 3.08 bits per heavy atom. The molecule has 0 bridgehead atoms. The van der Waals surface area contributed by atoms with Gasteiger partial charge in [-0.15, -0.1) is 0 Å². The molecule has 13 heavy (non-hydrogen) atoms. The standard InChI is InChI=1S/C10H11NO2/c1-6-5-7-3-2-4-8(10(12)13)9(7)11-6/h2-4,6,11H,5H2,1H3,(H,12,13)/t6-/m1/s1. The molecule has 1 aliphatic rings. The molecule has 0 saturated heterocycles. The third-order valence-corrected chi connectivity index (χ3v) is 2.30. The van der Waals surface area contributed by atoms with E-state index in [1.165, 1.54) is 0 Å². The van der Waals surface area contributed by atoms with E-state index in [1.54, 1.807) is 12.1 Å². The fourth-order valence-electron chi connectivity index (χ4n) is 1.75. The third kappa shape index (κ3) is 1.26. The van der Waals surface area contributed by atoms with E-state index in [0.717, 1.165) is 17.7 Å². The molecule has 0 fully saturated rings. The maximum Gasteiger partial charge on any atom is 0.337 e. The van der Waals surface area contributed by atoms with E-state index >= 15 is 0 Å². The Labute approximate surface area is 76.4 Å².